The molecular weight excluding hydrogens is 336 g/mol. The Hall–Kier alpha value is -2.33. The summed E-state index contributed by atoms with van der Waals surface area (Å²) in [5.41, 5.74) is 4.03. The fraction of sp³-hybridized carbons (Fsp3) is 0.435. The molecule has 27 heavy (non-hydrogen) atoms. The first-order chi connectivity index (χ1) is 13.2. The highest BCUT2D eigenvalue weighted by Crippen LogP contribution is 2.22. The van der Waals surface area contributed by atoms with Crippen molar-refractivity contribution in [2.24, 2.45) is 5.92 Å². The Morgan fingerprint density at radius 1 is 1.11 bits per heavy atom. The fourth-order valence-corrected chi connectivity index (χ4v) is 4.46. The maximum atomic E-state index is 13.0. The minimum Gasteiger partial charge on any atom is -0.497 e. The van der Waals surface area contributed by atoms with E-state index in [2.05, 4.69) is 47.4 Å². The number of benzene rings is 2. The van der Waals surface area contributed by atoms with E-state index < -0.39 is 0 Å². The zero-order valence-corrected chi connectivity index (χ0v) is 16.1. The molecule has 0 atom stereocenters. The molecule has 142 valence electrons. The number of amides is 1. The number of hydrogen-bond donors (Lipinski definition) is 1. The largest absolute Gasteiger partial charge is 0.497 e. The van der Waals surface area contributed by atoms with Crippen LogP contribution in [0.1, 0.15) is 29.5 Å². The number of carbonyl (C=O) groups is 1. The smallest absolute Gasteiger partial charge is 0.226 e. The molecule has 1 fully saturated rings. The Morgan fingerprint density at radius 2 is 1.89 bits per heavy atom. The van der Waals surface area contributed by atoms with Crippen molar-refractivity contribution in [3.63, 3.8) is 0 Å². The van der Waals surface area contributed by atoms with Gasteiger partial charge in [-0.25, -0.2) is 0 Å². The minimum atomic E-state index is 0.198. The summed E-state index contributed by atoms with van der Waals surface area (Å²) in [6.45, 7) is 4.80. The molecule has 4 nitrogen and oxygen atoms in total. The van der Waals surface area contributed by atoms with Crippen LogP contribution in [0.4, 0.5) is 0 Å². The second-order valence-electron chi connectivity index (χ2n) is 7.83. The third kappa shape index (κ3) is 4.16. The van der Waals surface area contributed by atoms with Crippen molar-refractivity contribution >= 4 is 5.91 Å². The van der Waals surface area contributed by atoms with Crippen LogP contribution in [0.3, 0.4) is 0 Å². The van der Waals surface area contributed by atoms with E-state index in [9.17, 15) is 4.79 Å². The van der Waals surface area contributed by atoms with Gasteiger partial charge in [0.05, 0.1) is 20.2 Å². The lowest BCUT2D eigenvalue weighted by Crippen LogP contribution is -3.11. The Labute approximate surface area is 161 Å². The average Bonchev–Trinajstić information content (AvgIpc) is 2.73. The summed E-state index contributed by atoms with van der Waals surface area (Å²) in [6.07, 6.45) is 2.98. The lowest BCUT2D eigenvalue weighted by atomic mass is 9.93. The number of nitrogens with one attached hydrogen (secondary N) is 1. The van der Waals surface area contributed by atoms with Crippen molar-refractivity contribution in [3.05, 3.63) is 65.2 Å². The summed E-state index contributed by atoms with van der Waals surface area (Å²) >= 11 is 0. The van der Waals surface area contributed by atoms with Crippen molar-refractivity contribution in [1.29, 1.82) is 0 Å². The lowest BCUT2D eigenvalue weighted by molar-refractivity contribution is -0.919. The number of piperidine rings is 1. The van der Waals surface area contributed by atoms with Crippen LogP contribution in [0.15, 0.2) is 48.5 Å². The zero-order chi connectivity index (χ0) is 18.6. The monoisotopic (exact) mass is 365 g/mol. The predicted octanol–water partition coefficient (Wildman–Crippen LogP) is 2.07. The first-order valence-corrected chi connectivity index (χ1v) is 10.0. The first-order valence-electron chi connectivity index (χ1n) is 10.0. The quantitative estimate of drug-likeness (QED) is 0.900. The molecular formula is C23H29N2O2+. The van der Waals surface area contributed by atoms with E-state index in [4.69, 9.17) is 4.74 Å². The van der Waals surface area contributed by atoms with E-state index >= 15 is 0 Å². The molecule has 0 bridgehead atoms. The van der Waals surface area contributed by atoms with Gasteiger partial charge in [0.15, 0.2) is 0 Å². The topological polar surface area (TPSA) is 34.0 Å². The second-order valence-corrected chi connectivity index (χ2v) is 7.83. The van der Waals surface area contributed by atoms with Gasteiger partial charge in [0.1, 0.15) is 12.3 Å². The average molecular weight is 365 g/mol. The number of carbonyl (C=O) groups excluding carboxylic acids is 1. The second kappa shape index (κ2) is 8.13. The standard InChI is InChI=1S/C23H28N2O2/c1-27-22-8-4-5-18(15-22)16-24-12-9-20(10-13-24)23(26)25-14-11-19-6-2-3-7-21(19)17-25/h2-8,15,20H,9-14,16-17H2,1H3/p+1. The molecule has 2 aliphatic heterocycles. The van der Waals surface area contributed by atoms with Gasteiger partial charge in [-0.05, 0) is 29.7 Å². The number of fused-ring (bicyclic) bond motifs is 1. The molecule has 4 heteroatoms. The summed E-state index contributed by atoms with van der Waals surface area (Å²) in [4.78, 5) is 16.7. The molecule has 2 aromatic rings. The van der Waals surface area contributed by atoms with Crippen LogP contribution in [0.2, 0.25) is 0 Å². The van der Waals surface area contributed by atoms with Crippen LogP contribution in [0, 0.1) is 5.92 Å². The molecule has 0 spiro atoms. The molecule has 0 aliphatic carbocycles. The van der Waals surface area contributed by atoms with E-state index in [1.54, 1.807) is 12.0 Å². The lowest BCUT2D eigenvalue weighted by Gasteiger charge is -2.34. The Morgan fingerprint density at radius 3 is 2.67 bits per heavy atom. The predicted molar refractivity (Wildman–Crippen MR) is 106 cm³/mol. The molecule has 2 heterocycles. The van der Waals surface area contributed by atoms with Gasteiger partial charge in [-0.15, -0.1) is 0 Å². The summed E-state index contributed by atoms with van der Waals surface area (Å²) in [7, 11) is 1.71. The van der Waals surface area contributed by atoms with Crippen LogP contribution in [0.5, 0.6) is 5.75 Å². The minimum absolute atomic E-state index is 0.198. The molecule has 0 aromatic heterocycles. The molecule has 2 aromatic carbocycles. The Kier molecular flexibility index (Phi) is 5.44. The van der Waals surface area contributed by atoms with Crippen molar-refractivity contribution in [1.82, 2.24) is 4.90 Å². The van der Waals surface area contributed by atoms with Gasteiger partial charge in [0.25, 0.3) is 0 Å². The highest BCUT2D eigenvalue weighted by molar-refractivity contribution is 5.79. The molecule has 1 N–H and O–H groups in total. The zero-order valence-electron chi connectivity index (χ0n) is 16.1. The van der Waals surface area contributed by atoms with E-state index in [-0.39, 0.29) is 5.92 Å². The Balaban J connectivity index is 1.31. The van der Waals surface area contributed by atoms with Crippen molar-refractivity contribution in [2.45, 2.75) is 32.4 Å². The third-order valence-electron chi connectivity index (χ3n) is 6.07. The van der Waals surface area contributed by atoms with E-state index in [0.29, 0.717) is 5.91 Å². The maximum Gasteiger partial charge on any atom is 0.226 e. The number of ether oxygens (including phenoxy) is 1. The molecule has 0 unspecified atom stereocenters. The molecule has 1 saturated heterocycles. The first kappa shape index (κ1) is 18.1. The summed E-state index contributed by atoms with van der Waals surface area (Å²) in [5.74, 6) is 1.48. The van der Waals surface area contributed by atoms with Gasteiger partial charge < -0.3 is 14.5 Å². The fourth-order valence-electron chi connectivity index (χ4n) is 4.46. The summed E-state index contributed by atoms with van der Waals surface area (Å²) < 4.78 is 5.33. The number of rotatable bonds is 4. The van der Waals surface area contributed by atoms with Crippen molar-refractivity contribution in [3.8, 4) is 5.75 Å². The molecule has 4 rings (SSSR count). The number of nitrogens with zero attached hydrogens (tertiary/aromatic N) is 1. The summed E-state index contributed by atoms with van der Waals surface area (Å²) in [6, 6.07) is 16.9. The van der Waals surface area contributed by atoms with Crippen LogP contribution in [-0.4, -0.2) is 37.6 Å². The Bertz CT molecular complexity index is 796. The van der Waals surface area contributed by atoms with Crippen LogP contribution < -0.4 is 9.64 Å². The van der Waals surface area contributed by atoms with Crippen LogP contribution >= 0.6 is 0 Å². The SMILES string of the molecule is COc1cccc(C[NH+]2CCC(C(=O)N3CCc4ccccc4C3)CC2)c1. The van der Waals surface area contributed by atoms with E-state index in [1.807, 2.05) is 6.07 Å². The highest BCUT2D eigenvalue weighted by atomic mass is 16.5. The molecule has 0 saturated carbocycles. The van der Waals surface area contributed by atoms with Gasteiger partial charge >= 0.3 is 0 Å². The van der Waals surface area contributed by atoms with Crippen LogP contribution in [0.25, 0.3) is 0 Å². The number of methoxy groups -OCH3 is 1. The van der Waals surface area contributed by atoms with Gasteiger partial charge in [-0.2, -0.15) is 0 Å². The maximum absolute atomic E-state index is 13.0. The van der Waals surface area contributed by atoms with Gasteiger partial charge in [-0.1, -0.05) is 36.4 Å². The van der Waals surface area contributed by atoms with Gasteiger partial charge in [0.2, 0.25) is 5.91 Å². The molecule has 2 aliphatic rings. The van der Waals surface area contributed by atoms with E-state index in [1.165, 1.54) is 16.7 Å². The highest BCUT2D eigenvalue weighted by Gasteiger charge is 2.31. The summed E-state index contributed by atoms with van der Waals surface area (Å²) in [5, 5.41) is 0. The van der Waals surface area contributed by atoms with Crippen molar-refractivity contribution in [2.75, 3.05) is 26.7 Å². The number of hydrogen-bond acceptors (Lipinski definition) is 2. The number of likely N-dealkylation sites (tertiary alicyclic amines) is 1. The molecule has 0 radical (unpaired) electrons. The van der Waals surface area contributed by atoms with Crippen LogP contribution in [-0.2, 0) is 24.3 Å². The van der Waals surface area contributed by atoms with Gasteiger partial charge in [0, 0.05) is 37.4 Å². The third-order valence-corrected chi connectivity index (χ3v) is 6.07. The van der Waals surface area contributed by atoms with E-state index in [0.717, 1.165) is 57.7 Å². The normalized spacial score (nSPS) is 22.2. The van der Waals surface area contributed by atoms with Crippen molar-refractivity contribution < 1.29 is 14.4 Å². The molecule has 1 amide bonds. The van der Waals surface area contributed by atoms with Gasteiger partial charge in [-0.3, -0.25) is 4.79 Å². The number of quaternary nitrogens is 1.